The fourth-order valence-electron chi connectivity index (χ4n) is 3.16. The van der Waals surface area contributed by atoms with Crippen LogP contribution < -0.4 is 14.4 Å². The molecule has 0 aromatic heterocycles. The predicted octanol–water partition coefficient (Wildman–Crippen LogP) is 6.07. The molecule has 0 spiro atoms. The molecule has 1 fully saturated rings. The number of hydrogen-bond donors (Lipinski definition) is 0. The van der Waals surface area contributed by atoms with Gasteiger partial charge >= 0.3 is 0 Å². The molecule has 1 aliphatic rings. The van der Waals surface area contributed by atoms with Crippen LogP contribution in [0.2, 0.25) is 0 Å². The number of carbonyl (C=O) groups excluding carboxylic acids is 1. The number of nitrogens with zero attached hydrogens (tertiary/aromatic N) is 1. The fraction of sp³-hybridized carbons (Fsp3) is 0.120. The Balaban J connectivity index is 1.54. The Morgan fingerprint density at radius 1 is 0.935 bits per heavy atom. The van der Waals surface area contributed by atoms with Crippen molar-refractivity contribution in [2.75, 3.05) is 11.5 Å². The lowest BCUT2D eigenvalue weighted by atomic mass is 10.1. The molecule has 4 rings (SSSR count). The standard InChI is InChI=1S/C25H21NO3S2/c1-2-28-21-14-12-20(13-15-21)26-24(27)23(31-25(26)30)16-19-10-6-7-11-22(19)29-17-18-8-4-3-5-9-18/h3-16H,2,17H2,1H3/b23-16+. The summed E-state index contributed by atoms with van der Waals surface area (Å²) in [6.45, 7) is 2.98. The van der Waals surface area contributed by atoms with Crippen LogP contribution in [0.15, 0.2) is 83.8 Å². The van der Waals surface area contributed by atoms with E-state index >= 15 is 0 Å². The molecule has 0 aliphatic carbocycles. The van der Waals surface area contributed by atoms with Crippen LogP contribution in [0.4, 0.5) is 5.69 Å². The summed E-state index contributed by atoms with van der Waals surface area (Å²) in [5, 5.41) is 0. The van der Waals surface area contributed by atoms with Crippen molar-refractivity contribution in [2.45, 2.75) is 13.5 Å². The third kappa shape index (κ3) is 4.98. The molecule has 0 radical (unpaired) electrons. The van der Waals surface area contributed by atoms with Gasteiger partial charge in [0.15, 0.2) is 4.32 Å². The average molecular weight is 448 g/mol. The molecular weight excluding hydrogens is 426 g/mol. The molecule has 0 saturated carbocycles. The molecule has 156 valence electrons. The van der Waals surface area contributed by atoms with Crippen LogP contribution in [0.1, 0.15) is 18.1 Å². The minimum absolute atomic E-state index is 0.142. The molecule has 1 amide bonds. The van der Waals surface area contributed by atoms with E-state index in [1.54, 1.807) is 4.90 Å². The second-order valence-corrected chi connectivity index (χ2v) is 8.43. The van der Waals surface area contributed by atoms with Crippen LogP contribution in [-0.4, -0.2) is 16.8 Å². The van der Waals surface area contributed by atoms with Gasteiger partial charge in [-0.2, -0.15) is 0 Å². The SMILES string of the molecule is CCOc1ccc(N2C(=O)/C(=C\c3ccccc3OCc3ccccc3)SC2=S)cc1. The van der Waals surface area contributed by atoms with Gasteiger partial charge in [-0.25, -0.2) is 0 Å². The lowest BCUT2D eigenvalue weighted by Gasteiger charge is -2.15. The fourth-order valence-corrected chi connectivity index (χ4v) is 4.45. The van der Waals surface area contributed by atoms with Crippen LogP contribution in [0, 0.1) is 0 Å². The summed E-state index contributed by atoms with van der Waals surface area (Å²) < 4.78 is 12.0. The van der Waals surface area contributed by atoms with Gasteiger partial charge in [-0.3, -0.25) is 9.69 Å². The van der Waals surface area contributed by atoms with Crippen LogP contribution in [0.5, 0.6) is 11.5 Å². The van der Waals surface area contributed by atoms with E-state index in [0.717, 1.165) is 28.3 Å². The Morgan fingerprint density at radius 3 is 2.39 bits per heavy atom. The quantitative estimate of drug-likeness (QED) is 0.325. The second kappa shape index (κ2) is 9.81. The lowest BCUT2D eigenvalue weighted by molar-refractivity contribution is -0.113. The number of amides is 1. The molecule has 3 aromatic carbocycles. The Bertz CT molecular complexity index is 1110. The Hall–Kier alpha value is -3.09. The van der Waals surface area contributed by atoms with E-state index in [1.165, 1.54) is 11.8 Å². The maximum atomic E-state index is 13.1. The summed E-state index contributed by atoms with van der Waals surface area (Å²) in [7, 11) is 0. The number of rotatable bonds is 7. The number of thioether (sulfide) groups is 1. The maximum absolute atomic E-state index is 13.1. The molecular formula is C25H21NO3S2. The number of hydrogen-bond acceptors (Lipinski definition) is 5. The number of carbonyl (C=O) groups is 1. The van der Waals surface area contributed by atoms with Crippen molar-refractivity contribution >= 4 is 46.0 Å². The number of thiocarbonyl (C=S) groups is 1. The van der Waals surface area contributed by atoms with E-state index in [4.69, 9.17) is 21.7 Å². The summed E-state index contributed by atoms with van der Waals surface area (Å²) >= 11 is 6.78. The number of ether oxygens (including phenoxy) is 2. The molecule has 0 unspecified atom stereocenters. The first kappa shape index (κ1) is 21.2. The molecule has 0 atom stereocenters. The summed E-state index contributed by atoms with van der Waals surface area (Å²) in [5.41, 5.74) is 2.65. The van der Waals surface area contributed by atoms with Gasteiger partial charge in [-0.15, -0.1) is 0 Å². The summed E-state index contributed by atoms with van der Waals surface area (Å²) in [5.74, 6) is 1.34. The summed E-state index contributed by atoms with van der Waals surface area (Å²) in [4.78, 5) is 15.2. The topological polar surface area (TPSA) is 38.8 Å². The maximum Gasteiger partial charge on any atom is 0.270 e. The number of para-hydroxylation sites is 1. The van der Waals surface area contributed by atoms with Crippen molar-refractivity contribution in [2.24, 2.45) is 0 Å². The van der Waals surface area contributed by atoms with Gasteiger partial charge in [0.2, 0.25) is 0 Å². The van der Waals surface area contributed by atoms with E-state index in [1.807, 2.05) is 91.9 Å². The van der Waals surface area contributed by atoms with Gasteiger partial charge < -0.3 is 9.47 Å². The van der Waals surface area contributed by atoms with Gasteiger partial charge in [0.05, 0.1) is 17.2 Å². The average Bonchev–Trinajstić information content (AvgIpc) is 3.07. The second-order valence-electron chi connectivity index (χ2n) is 6.76. The third-order valence-corrected chi connectivity index (χ3v) is 5.94. The number of benzene rings is 3. The molecule has 0 N–H and O–H groups in total. The molecule has 4 nitrogen and oxygen atoms in total. The normalized spacial score (nSPS) is 14.9. The predicted molar refractivity (Wildman–Crippen MR) is 130 cm³/mol. The Morgan fingerprint density at radius 2 is 1.65 bits per heavy atom. The van der Waals surface area contributed by atoms with Gasteiger partial charge in [0.1, 0.15) is 18.1 Å². The highest BCUT2D eigenvalue weighted by Gasteiger charge is 2.33. The minimum atomic E-state index is -0.142. The van der Waals surface area contributed by atoms with E-state index in [0.29, 0.717) is 22.4 Å². The highest BCUT2D eigenvalue weighted by atomic mass is 32.2. The largest absolute Gasteiger partial charge is 0.494 e. The zero-order chi connectivity index (χ0) is 21.6. The van der Waals surface area contributed by atoms with Gasteiger partial charge in [0.25, 0.3) is 5.91 Å². The van der Waals surface area contributed by atoms with Gasteiger partial charge in [0, 0.05) is 5.56 Å². The molecule has 1 heterocycles. The minimum Gasteiger partial charge on any atom is -0.494 e. The zero-order valence-corrected chi connectivity index (χ0v) is 18.6. The van der Waals surface area contributed by atoms with Crippen molar-refractivity contribution in [1.82, 2.24) is 0 Å². The van der Waals surface area contributed by atoms with Crippen LogP contribution in [0.3, 0.4) is 0 Å². The molecule has 1 aliphatic heterocycles. The molecule has 6 heteroatoms. The highest BCUT2D eigenvalue weighted by Crippen LogP contribution is 2.37. The van der Waals surface area contributed by atoms with Gasteiger partial charge in [-0.05, 0) is 48.9 Å². The lowest BCUT2D eigenvalue weighted by Crippen LogP contribution is -2.27. The van der Waals surface area contributed by atoms with Crippen molar-refractivity contribution in [3.63, 3.8) is 0 Å². The van der Waals surface area contributed by atoms with E-state index in [2.05, 4.69) is 0 Å². The first-order valence-corrected chi connectivity index (χ1v) is 11.1. The van der Waals surface area contributed by atoms with Crippen molar-refractivity contribution in [3.8, 4) is 11.5 Å². The third-order valence-electron chi connectivity index (χ3n) is 4.64. The smallest absolute Gasteiger partial charge is 0.270 e. The van der Waals surface area contributed by atoms with Crippen molar-refractivity contribution < 1.29 is 14.3 Å². The van der Waals surface area contributed by atoms with E-state index < -0.39 is 0 Å². The Kier molecular flexibility index (Phi) is 6.70. The van der Waals surface area contributed by atoms with Crippen LogP contribution in [-0.2, 0) is 11.4 Å². The zero-order valence-electron chi connectivity index (χ0n) is 17.0. The van der Waals surface area contributed by atoms with Crippen molar-refractivity contribution in [3.05, 3.63) is 94.9 Å². The summed E-state index contributed by atoms with van der Waals surface area (Å²) in [6.07, 6.45) is 1.84. The molecule has 0 bridgehead atoms. The molecule has 31 heavy (non-hydrogen) atoms. The van der Waals surface area contributed by atoms with Crippen LogP contribution >= 0.6 is 24.0 Å². The Labute approximate surface area is 191 Å². The summed E-state index contributed by atoms with van der Waals surface area (Å²) in [6, 6.07) is 25.0. The van der Waals surface area contributed by atoms with Gasteiger partial charge in [-0.1, -0.05) is 72.5 Å². The molecule has 3 aromatic rings. The number of anilines is 1. The first-order chi connectivity index (χ1) is 15.2. The molecule has 1 saturated heterocycles. The first-order valence-electron chi connectivity index (χ1n) is 9.92. The van der Waals surface area contributed by atoms with E-state index in [-0.39, 0.29) is 5.91 Å². The highest BCUT2D eigenvalue weighted by molar-refractivity contribution is 8.27. The monoisotopic (exact) mass is 447 g/mol. The van der Waals surface area contributed by atoms with E-state index in [9.17, 15) is 4.79 Å². The van der Waals surface area contributed by atoms with Crippen LogP contribution in [0.25, 0.3) is 6.08 Å². The van der Waals surface area contributed by atoms with Crippen molar-refractivity contribution in [1.29, 1.82) is 0 Å².